The maximum Gasteiger partial charge on any atom is 0.0968 e. The predicted molar refractivity (Wildman–Crippen MR) is 82.4 cm³/mol. The molecule has 0 aliphatic heterocycles. The third-order valence-corrected chi connectivity index (χ3v) is 4.27. The van der Waals surface area contributed by atoms with Gasteiger partial charge in [-0.05, 0) is 49.2 Å². The summed E-state index contributed by atoms with van der Waals surface area (Å²) in [6, 6.07) is 10.2. The molecular weight excluding hydrogens is 330 g/mol. The minimum Gasteiger partial charge on any atom is -0.247 e. The van der Waals surface area contributed by atoms with Crippen LogP contribution in [0.15, 0.2) is 39.8 Å². The van der Waals surface area contributed by atoms with Gasteiger partial charge < -0.3 is 0 Å². The first kappa shape index (κ1) is 13.9. The quantitative estimate of drug-likeness (QED) is 0.692. The van der Waals surface area contributed by atoms with Crippen LogP contribution in [0, 0.1) is 13.8 Å². The highest BCUT2D eigenvalue weighted by atomic mass is 79.9. The summed E-state index contributed by atoms with van der Waals surface area (Å²) in [7, 11) is 0. The van der Waals surface area contributed by atoms with E-state index in [0.717, 1.165) is 31.5 Å². The number of halogens is 2. The number of rotatable bonds is 3. The Kier molecular flexibility index (Phi) is 4.71. The number of pyridine rings is 1. The van der Waals surface area contributed by atoms with Crippen molar-refractivity contribution >= 4 is 39.3 Å². The normalized spacial score (nSPS) is 10.7. The molecule has 1 heterocycles. The molecule has 2 aromatic rings. The Bertz CT molecular complexity index is 551. The Labute approximate surface area is 125 Å². The minimum absolute atomic E-state index is 0.793. The van der Waals surface area contributed by atoms with Crippen LogP contribution in [-0.2, 0) is 5.75 Å². The van der Waals surface area contributed by atoms with Crippen LogP contribution in [0.2, 0.25) is 5.02 Å². The molecule has 0 spiro atoms. The zero-order valence-corrected chi connectivity index (χ0v) is 13.4. The molecule has 94 valence electrons. The molecule has 0 aliphatic carbocycles. The van der Waals surface area contributed by atoms with Crippen molar-refractivity contribution in [3.63, 3.8) is 0 Å². The van der Waals surface area contributed by atoms with E-state index in [9.17, 15) is 0 Å². The molecule has 4 heteroatoms. The fourth-order valence-electron chi connectivity index (χ4n) is 1.67. The van der Waals surface area contributed by atoms with Gasteiger partial charge in [-0.1, -0.05) is 33.6 Å². The van der Waals surface area contributed by atoms with Crippen molar-refractivity contribution in [1.29, 1.82) is 0 Å². The third kappa shape index (κ3) is 3.74. The first-order valence-corrected chi connectivity index (χ1v) is 7.72. The smallest absolute Gasteiger partial charge is 0.0968 e. The van der Waals surface area contributed by atoms with Crippen LogP contribution in [0.5, 0.6) is 0 Å². The van der Waals surface area contributed by atoms with E-state index in [1.165, 1.54) is 5.56 Å². The van der Waals surface area contributed by atoms with E-state index < -0.39 is 0 Å². The number of hydrogen-bond donors (Lipinski definition) is 0. The van der Waals surface area contributed by atoms with Crippen molar-refractivity contribution < 1.29 is 0 Å². The second-order valence-electron chi connectivity index (χ2n) is 4.15. The van der Waals surface area contributed by atoms with E-state index in [1.807, 2.05) is 25.1 Å². The van der Waals surface area contributed by atoms with Gasteiger partial charge in [0.15, 0.2) is 0 Å². The summed E-state index contributed by atoms with van der Waals surface area (Å²) >= 11 is 11.3. The average Bonchev–Trinajstić information content (AvgIpc) is 2.26. The van der Waals surface area contributed by atoms with Gasteiger partial charge in [-0.2, -0.15) is 0 Å². The van der Waals surface area contributed by atoms with Crippen molar-refractivity contribution in [2.45, 2.75) is 24.6 Å². The van der Waals surface area contributed by atoms with Gasteiger partial charge in [0, 0.05) is 20.9 Å². The molecule has 0 fully saturated rings. The number of aryl methyl sites for hydroxylation is 2. The standard InChI is InChI=1S/C14H13BrClNS/c1-9-5-10(2)17-14(6-9)18-8-11-3-4-12(15)7-13(11)16/h3-7H,8H2,1-2H3. The summed E-state index contributed by atoms with van der Waals surface area (Å²) in [4.78, 5) is 4.51. The van der Waals surface area contributed by atoms with Crippen molar-refractivity contribution in [3.05, 3.63) is 56.6 Å². The fraction of sp³-hybridized carbons (Fsp3) is 0.214. The lowest BCUT2D eigenvalue weighted by molar-refractivity contribution is 1.05. The van der Waals surface area contributed by atoms with Crippen molar-refractivity contribution in [2.24, 2.45) is 0 Å². The summed E-state index contributed by atoms with van der Waals surface area (Å²) in [5.41, 5.74) is 3.43. The van der Waals surface area contributed by atoms with Crippen LogP contribution in [0.1, 0.15) is 16.8 Å². The maximum absolute atomic E-state index is 6.19. The largest absolute Gasteiger partial charge is 0.247 e. The average molecular weight is 343 g/mol. The summed E-state index contributed by atoms with van der Waals surface area (Å²) < 4.78 is 1.01. The van der Waals surface area contributed by atoms with Gasteiger partial charge in [-0.3, -0.25) is 0 Å². The van der Waals surface area contributed by atoms with Crippen molar-refractivity contribution in [3.8, 4) is 0 Å². The lowest BCUT2D eigenvalue weighted by atomic mass is 10.2. The molecule has 0 N–H and O–H groups in total. The lowest BCUT2D eigenvalue weighted by Gasteiger charge is -2.06. The molecule has 1 nitrogen and oxygen atoms in total. The Morgan fingerprint density at radius 2 is 2.00 bits per heavy atom. The van der Waals surface area contributed by atoms with E-state index in [0.29, 0.717) is 0 Å². The molecule has 0 amide bonds. The highest BCUT2D eigenvalue weighted by Gasteiger charge is 2.04. The van der Waals surface area contributed by atoms with Gasteiger partial charge >= 0.3 is 0 Å². The van der Waals surface area contributed by atoms with Crippen molar-refractivity contribution in [2.75, 3.05) is 0 Å². The zero-order chi connectivity index (χ0) is 13.1. The third-order valence-electron chi connectivity index (χ3n) is 2.46. The molecule has 1 aromatic heterocycles. The van der Waals surface area contributed by atoms with Gasteiger partial charge in [0.25, 0.3) is 0 Å². The number of thioether (sulfide) groups is 1. The van der Waals surface area contributed by atoms with Gasteiger partial charge in [0.1, 0.15) is 0 Å². The molecule has 0 bridgehead atoms. The number of aromatic nitrogens is 1. The molecule has 0 unspecified atom stereocenters. The van der Waals surface area contributed by atoms with E-state index in [4.69, 9.17) is 11.6 Å². The van der Waals surface area contributed by atoms with Crippen LogP contribution in [-0.4, -0.2) is 4.98 Å². The SMILES string of the molecule is Cc1cc(C)nc(SCc2ccc(Br)cc2Cl)c1. The second-order valence-corrected chi connectivity index (χ2v) is 6.47. The number of benzene rings is 1. The molecule has 0 atom stereocenters. The topological polar surface area (TPSA) is 12.9 Å². The van der Waals surface area contributed by atoms with Gasteiger partial charge in [0.05, 0.1) is 5.03 Å². The monoisotopic (exact) mass is 341 g/mol. The molecule has 0 saturated carbocycles. The number of hydrogen-bond acceptors (Lipinski definition) is 2. The molecule has 0 saturated heterocycles. The Morgan fingerprint density at radius 1 is 1.22 bits per heavy atom. The molecule has 0 aliphatic rings. The van der Waals surface area contributed by atoms with Gasteiger partial charge in [-0.25, -0.2) is 4.98 Å². The lowest BCUT2D eigenvalue weighted by Crippen LogP contribution is -1.88. The van der Waals surface area contributed by atoms with Crippen molar-refractivity contribution in [1.82, 2.24) is 4.98 Å². The molecule has 0 radical (unpaired) electrons. The van der Waals surface area contributed by atoms with E-state index in [-0.39, 0.29) is 0 Å². The molecular formula is C14H13BrClNS. The predicted octanol–water partition coefficient (Wildman–Crippen LogP) is 5.41. The van der Waals surface area contributed by atoms with E-state index in [1.54, 1.807) is 11.8 Å². The highest BCUT2D eigenvalue weighted by Crippen LogP contribution is 2.28. The summed E-state index contributed by atoms with van der Waals surface area (Å²) in [5, 5.41) is 1.84. The van der Waals surface area contributed by atoms with Gasteiger partial charge in [-0.15, -0.1) is 11.8 Å². The van der Waals surface area contributed by atoms with E-state index >= 15 is 0 Å². The van der Waals surface area contributed by atoms with Crippen LogP contribution in [0.25, 0.3) is 0 Å². The van der Waals surface area contributed by atoms with Crippen LogP contribution in [0.3, 0.4) is 0 Å². The Morgan fingerprint density at radius 3 is 2.67 bits per heavy atom. The first-order chi connectivity index (χ1) is 8.54. The second kappa shape index (κ2) is 6.09. The number of nitrogens with zero attached hydrogens (tertiary/aromatic N) is 1. The molecule has 1 aromatic carbocycles. The maximum atomic E-state index is 6.19. The van der Waals surface area contributed by atoms with Crippen LogP contribution >= 0.6 is 39.3 Å². The zero-order valence-electron chi connectivity index (χ0n) is 10.2. The molecule has 18 heavy (non-hydrogen) atoms. The Balaban J connectivity index is 2.11. The summed E-state index contributed by atoms with van der Waals surface area (Å²) in [6.07, 6.45) is 0. The summed E-state index contributed by atoms with van der Waals surface area (Å²) in [6.45, 7) is 4.11. The first-order valence-electron chi connectivity index (χ1n) is 5.56. The highest BCUT2D eigenvalue weighted by molar-refractivity contribution is 9.10. The van der Waals surface area contributed by atoms with Crippen LogP contribution in [0.4, 0.5) is 0 Å². The van der Waals surface area contributed by atoms with Gasteiger partial charge in [0.2, 0.25) is 0 Å². The summed E-state index contributed by atoms with van der Waals surface area (Å²) in [5.74, 6) is 0.835. The van der Waals surface area contributed by atoms with E-state index in [2.05, 4.69) is 40.0 Å². The fourth-order valence-corrected chi connectivity index (χ4v) is 3.52. The molecule has 2 rings (SSSR count). The minimum atomic E-state index is 0.793. The Hall–Kier alpha value is -0.510. The van der Waals surface area contributed by atoms with Crippen LogP contribution < -0.4 is 0 Å².